The van der Waals surface area contributed by atoms with Crippen LogP contribution in [-0.4, -0.2) is 36.8 Å². The molecular formula is C24H42INO3. The Hall–Kier alpha value is -0.330. The number of halogens is 1. The predicted octanol–water partition coefficient (Wildman–Crippen LogP) is 6.13. The third-order valence-electron chi connectivity index (χ3n) is 7.61. The van der Waals surface area contributed by atoms with Crippen LogP contribution < -0.4 is 5.32 Å². The van der Waals surface area contributed by atoms with Crippen molar-refractivity contribution in [2.24, 2.45) is 17.8 Å². The van der Waals surface area contributed by atoms with E-state index in [0.29, 0.717) is 27.5 Å². The van der Waals surface area contributed by atoms with E-state index >= 15 is 0 Å². The van der Waals surface area contributed by atoms with Crippen LogP contribution in [0.15, 0.2) is 0 Å². The summed E-state index contributed by atoms with van der Waals surface area (Å²) in [5, 5.41) is 3.31. The molecule has 5 atom stereocenters. The van der Waals surface area contributed by atoms with Crippen LogP contribution in [0.25, 0.3) is 0 Å². The van der Waals surface area contributed by atoms with Crippen LogP contribution in [0.4, 0.5) is 4.79 Å². The number of rotatable bonds is 8. The Labute approximate surface area is 185 Å². The number of carbonyl (C=O) groups excluding carboxylic acids is 2. The molecule has 0 radical (unpaired) electrons. The third-order valence-corrected chi connectivity index (χ3v) is 15.4. The van der Waals surface area contributed by atoms with Crippen LogP contribution in [0.2, 0.25) is 0 Å². The molecule has 4 nitrogen and oxygen atoms in total. The molecule has 1 aliphatic heterocycles. The van der Waals surface area contributed by atoms with Gasteiger partial charge in [-0.1, -0.05) is 0 Å². The van der Waals surface area contributed by atoms with Crippen molar-refractivity contribution in [3.8, 4) is 0 Å². The third kappa shape index (κ3) is 6.33. The molecular weight excluding hydrogens is 477 g/mol. The number of Topliss-reactive ketones (excluding diaryl/α,β-unsaturated/α-hetero) is 1. The van der Waals surface area contributed by atoms with Crippen LogP contribution >= 0.6 is 19.8 Å². The fraction of sp³-hybridized carbons (Fsp3) is 0.917. The summed E-state index contributed by atoms with van der Waals surface area (Å²) in [5.41, 5.74) is 0. The van der Waals surface area contributed by atoms with Gasteiger partial charge in [0.05, 0.1) is 0 Å². The van der Waals surface area contributed by atoms with Gasteiger partial charge in [-0.05, 0) is 0 Å². The van der Waals surface area contributed by atoms with Crippen molar-refractivity contribution >= 4 is 31.7 Å². The van der Waals surface area contributed by atoms with Gasteiger partial charge in [-0.2, -0.15) is 0 Å². The SMILES string of the molecule is CC[C@H]1CCI(CC[C@@H](NC(=O)OC2CCCC2C)C2CCCCC2)[C@@H]1C(C)=O. The molecule has 168 valence electrons. The summed E-state index contributed by atoms with van der Waals surface area (Å²) < 4.78 is 8.75. The number of ketones is 1. The Morgan fingerprint density at radius 2 is 1.83 bits per heavy atom. The standard InChI is InChI=1S/C24H42INO3/c1-4-19-13-15-25(23(19)18(3)27)16-14-21(20-10-6-5-7-11-20)26-24(28)29-22-12-8-9-17(22)2/h17,19-23H,4-16H2,1-3H3,(H,26,28)/t17?,19-,21+,22?,23+/m0/s1. The molecule has 3 fully saturated rings. The van der Waals surface area contributed by atoms with Crippen LogP contribution in [-0.2, 0) is 9.53 Å². The summed E-state index contributed by atoms with van der Waals surface area (Å²) in [6, 6.07) is 0.241. The normalized spacial score (nSPS) is 32.9. The summed E-state index contributed by atoms with van der Waals surface area (Å²) in [7, 11) is 0. The van der Waals surface area contributed by atoms with Crippen molar-refractivity contribution in [1.29, 1.82) is 0 Å². The zero-order chi connectivity index (χ0) is 20.8. The van der Waals surface area contributed by atoms with Crippen molar-refractivity contribution < 1.29 is 14.3 Å². The molecule has 1 saturated heterocycles. The van der Waals surface area contributed by atoms with Gasteiger partial charge in [0.1, 0.15) is 0 Å². The Kier molecular flexibility index (Phi) is 9.12. The molecule has 0 spiro atoms. The molecule has 0 aromatic rings. The van der Waals surface area contributed by atoms with E-state index in [1.54, 1.807) is 0 Å². The summed E-state index contributed by atoms with van der Waals surface area (Å²) in [4.78, 5) is 25.0. The minimum absolute atomic E-state index is 0.0971. The van der Waals surface area contributed by atoms with Gasteiger partial charge < -0.3 is 0 Å². The van der Waals surface area contributed by atoms with Crippen molar-refractivity contribution in [2.75, 3.05) is 8.86 Å². The van der Waals surface area contributed by atoms with Crippen molar-refractivity contribution in [3.63, 3.8) is 0 Å². The van der Waals surface area contributed by atoms with Crippen LogP contribution in [0.3, 0.4) is 0 Å². The van der Waals surface area contributed by atoms with Gasteiger partial charge in [0, 0.05) is 0 Å². The second-order valence-electron chi connectivity index (χ2n) is 9.63. The van der Waals surface area contributed by atoms with E-state index in [-0.39, 0.29) is 18.2 Å². The predicted molar refractivity (Wildman–Crippen MR) is 128 cm³/mol. The first-order valence-corrected chi connectivity index (χ1v) is 16.4. The molecule has 5 heteroatoms. The maximum atomic E-state index is 12.7. The minimum atomic E-state index is -1.27. The average molecular weight is 520 g/mol. The van der Waals surface area contributed by atoms with Gasteiger partial charge in [-0.15, -0.1) is 0 Å². The summed E-state index contributed by atoms with van der Waals surface area (Å²) in [6.07, 6.45) is 13.1. The number of hydrogen-bond donors (Lipinski definition) is 1. The van der Waals surface area contributed by atoms with E-state index < -0.39 is 19.8 Å². The van der Waals surface area contributed by atoms with E-state index in [0.717, 1.165) is 19.3 Å². The Balaban J connectivity index is 1.58. The number of carbonyl (C=O) groups is 2. The molecule has 2 saturated carbocycles. The Bertz CT molecular complexity index is 548. The molecule has 2 unspecified atom stereocenters. The van der Waals surface area contributed by atoms with E-state index in [2.05, 4.69) is 19.2 Å². The Morgan fingerprint density at radius 1 is 1.07 bits per heavy atom. The number of amides is 1. The molecule has 1 amide bonds. The van der Waals surface area contributed by atoms with Crippen molar-refractivity contribution in [1.82, 2.24) is 5.32 Å². The first-order chi connectivity index (χ1) is 14.0. The molecule has 0 aromatic heterocycles. The maximum absolute atomic E-state index is 12.7. The number of alkyl halides is 3. The van der Waals surface area contributed by atoms with E-state index in [1.165, 1.54) is 60.2 Å². The van der Waals surface area contributed by atoms with Crippen LogP contribution in [0, 0.1) is 17.8 Å². The van der Waals surface area contributed by atoms with E-state index in [1.807, 2.05) is 6.92 Å². The van der Waals surface area contributed by atoms with E-state index in [4.69, 9.17) is 4.74 Å². The summed E-state index contributed by atoms with van der Waals surface area (Å²) >= 11 is -1.27. The molecule has 1 heterocycles. The van der Waals surface area contributed by atoms with Gasteiger partial charge in [-0.25, -0.2) is 0 Å². The Morgan fingerprint density at radius 3 is 2.45 bits per heavy atom. The van der Waals surface area contributed by atoms with Crippen LogP contribution in [0.5, 0.6) is 0 Å². The second-order valence-corrected chi connectivity index (χ2v) is 16.0. The molecule has 29 heavy (non-hydrogen) atoms. The number of alkyl carbamates (subject to hydrolysis) is 1. The van der Waals surface area contributed by atoms with Gasteiger partial charge >= 0.3 is 185 Å². The number of hydrogen-bond acceptors (Lipinski definition) is 3. The van der Waals surface area contributed by atoms with Gasteiger partial charge in [0.2, 0.25) is 0 Å². The first-order valence-electron chi connectivity index (χ1n) is 12.1. The molecule has 0 aromatic carbocycles. The topological polar surface area (TPSA) is 55.4 Å². The van der Waals surface area contributed by atoms with Crippen molar-refractivity contribution in [3.05, 3.63) is 0 Å². The van der Waals surface area contributed by atoms with Crippen molar-refractivity contribution in [2.45, 2.75) is 107 Å². The molecule has 0 bridgehead atoms. The van der Waals surface area contributed by atoms with Gasteiger partial charge in [0.25, 0.3) is 0 Å². The molecule has 2 aliphatic carbocycles. The van der Waals surface area contributed by atoms with Gasteiger partial charge in [-0.3, -0.25) is 0 Å². The first kappa shape index (κ1) is 23.3. The number of ether oxygens (including phenoxy) is 1. The molecule has 3 rings (SSSR count). The van der Waals surface area contributed by atoms with Gasteiger partial charge in [0.15, 0.2) is 0 Å². The summed E-state index contributed by atoms with van der Waals surface area (Å²) in [6.45, 7) is 6.26. The number of nitrogens with one attached hydrogen (secondary N) is 1. The summed E-state index contributed by atoms with van der Waals surface area (Å²) in [5.74, 6) is 2.15. The fourth-order valence-corrected chi connectivity index (χ4v) is 14.3. The molecule has 1 N–H and O–H groups in total. The average Bonchev–Trinajstić information content (AvgIpc) is 3.31. The quantitative estimate of drug-likeness (QED) is 0.310. The zero-order valence-electron chi connectivity index (χ0n) is 18.8. The zero-order valence-corrected chi connectivity index (χ0v) is 20.9. The fourth-order valence-electron chi connectivity index (χ4n) is 5.80. The monoisotopic (exact) mass is 519 g/mol. The van der Waals surface area contributed by atoms with Crippen LogP contribution in [0.1, 0.15) is 91.4 Å². The second kappa shape index (κ2) is 11.3. The molecule has 3 aliphatic rings. The van der Waals surface area contributed by atoms with E-state index in [9.17, 15) is 9.59 Å².